The number of nitro groups is 1. The number of hydrogen-bond donors (Lipinski definition) is 1. The highest BCUT2D eigenvalue weighted by Gasteiger charge is 1.99. The fourth-order valence-electron chi connectivity index (χ4n) is 0.300. The van der Waals surface area contributed by atoms with E-state index in [9.17, 15) is 10.1 Å². The zero-order valence-electron chi connectivity index (χ0n) is 4.14. The normalized spacial score (nSPS) is 8.89. The highest BCUT2D eigenvalue weighted by atomic mass is 32.1. The van der Waals surface area contributed by atoms with Crippen molar-refractivity contribution in [1.29, 1.82) is 0 Å². The van der Waals surface area contributed by atoms with E-state index in [1.807, 2.05) is 5.43 Å². The molecule has 0 fully saturated rings. The Morgan fingerprint density at radius 2 is 2.67 bits per heavy atom. The van der Waals surface area contributed by atoms with Gasteiger partial charge in [0.05, 0.1) is 0 Å². The number of aromatic nitrogens is 2. The first-order chi connectivity index (χ1) is 4.29. The summed E-state index contributed by atoms with van der Waals surface area (Å²) in [6, 6.07) is 0. The summed E-state index contributed by atoms with van der Waals surface area (Å²) in [5, 5.41) is 16.0. The first kappa shape index (κ1) is 5.89. The molecule has 1 N–H and O–H groups in total. The number of anilines is 1. The van der Waals surface area contributed by atoms with Crippen LogP contribution in [-0.4, -0.2) is 15.2 Å². The summed E-state index contributed by atoms with van der Waals surface area (Å²) in [4.78, 5) is 9.70. The molecule has 0 aliphatic rings. The molecule has 7 heteroatoms. The van der Waals surface area contributed by atoms with Crippen molar-refractivity contribution in [1.82, 2.24) is 10.2 Å². The first-order valence-electron chi connectivity index (χ1n) is 1.96. The quantitative estimate of drug-likeness (QED) is 0.474. The Morgan fingerprint density at radius 1 is 1.89 bits per heavy atom. The zero-order valence-corrected chi connectivity index (χ0v) is 4.96. The van der Waals surface area contributed by atoms with Crippen LogP contribution in [0.25, 0.3) is 0 Å². The molecule has 1 rings (SSSR count). The molecule has 0 amide bonds. The standard InChI is InChI=1S/C2H2N4O2S/c7-6(8)5-2-4-3-1-9-2/h1H,(H,4,5). The summed E-state index contributed by atoms with van der Waals surface area (Å²) in [6.45, 7) is 0. The lowest BCUT2D eigenvalue weighted by Gasteiger charge is -1.84. The van der Waals surface area contributed by atoms with Crippen LogP contribution in [0.15, 0.2) is 5.51 Å². The summed E-state index contributed by atoms with van der Waals surface area (Å²) < 4.78 is 0. The SMILES string of the molecule is O=[N+]([O-])Nc1nncs1. The largest absolute Gasteiger partial charge is 0.267 e. The molecule has 0 unspecified atom stereocenters. The summed E-state index contributed by atoms with van der Waals surface area (Å²) in [7, 11) is 0. The Labute approximate surface area is 53.7 Å². The van der Waals surface area contributed by atoms with E-state index in [0.29, 0.717) is 0 Å². The Kier molecular flexibility index (Phi) is 1.54. The van der Waals surface area contributed by atoms with Crippen LogP contribution >= 0.6 is 11.3 Å². The van der Waals surface area contributed by atoms with Gasteiger partial charge in [-0.2, -0.15) is 0 Å². The molecule has 0 radical (unpaired) electrons. The van der Waals surface area contributed by atoms with Crippen LogP contribution in [0.2, 0.25) is 0 Å². The van der Waals surface area contributed by atoms with Crippen molar-refractivity contribution >= 4 is 16.5 Å². The average Bonchev–Trinajstić information content (AvgIpc) is 2.15. The van der Waals surface area contributed by atoms with Crippen molar-refractivity contribution in [2.24, 2.45) is 0 Å². The van der Waals surface area contributed by atoms with Gasteiger partial charge in [0.15, 0.2) is 5.03 Å². The third-order valence-corrected chi connectivity index (χ3v) is 1.14. The van der Waals surface area contributed by atoms with Gasteiger partial charge in [0.25, 0.3) is 5.13 Å². The van der Waals surface area contributed by atoms with Gasteiger partial charge in [0, 0.05) is 0 Å². The van der Waals surface area contributed by atoms with Gasteiger partial charge < -0.3 is 0 Å². The molecule has 0 aliphatic heterocycles. The molecule has 0 saturated carbocycles. The Balaban J connectivity index is 2.58. The minimum absolute atomic E-state index is 0.194. The van der Waals surface area contributed by atoms with Gasteiger partial charge in [-0.3, -0.25) is 0 Å². The summed E-state index contributed by atoms with van der Waals surface area (Å²) >= 11 is 1.08. The Morgan fingerprint density at radius 3 is 3.11 bits per heavy atom. The van der Waals surface area contributed by atoms with E-state index in [-0.39, 0.29) is 5.13 Å². The minimum atomic E-state index is -0.680. The van der Waals surface area contributed by atoms with Crippen molar-refractivity contribution in [3.05, 3.63) is 15.6 Å². The van der Waals surface area contributed by atoms with Crippen LogP contribution in [-0.2, 0) is 0 Å². The maximum Gasteiger partial charge on any atom is 0.267 e. The van der Waals surface area contributed by atoms with E-state index < -0.39 is 5.03 Å². The monoisotopic (exact) mass is 146 g/mol. The summed E-state index contributed by atoms with van der Waals surface area (Å²) in [6.07, 6.45) is 0. The number of nitrogens with zero attached hydrogens (tertiary/aromatic N) is 3. The predicted octanol–water partition coefficient (Wildman–Crippen LogP) is 0.142. The van der Waals surface area contributed by atoms with E-state index in [1.165, 1.54) is 5.51 Å². The average molecular weight is 146 g/mol. The number of rotatable bonds is 2. The fraction of sp³-hybridized carbons (Fsp3) is 0. The smallest absolute Gasteiger partial charge is 0.234 e. The molecule has 0 bridgehead atoms. The summed E-state index contributed by atoms with van der Waals surface area (Å²) in [5.74, 6) is 0. The lowest BCUT2D eigenvalue weighted by molar-refractivity contribution is -0.445. The second-order valence-corrected chi connectivity index (χ2v) is 1.95. The lowest BCUT2D eigenvalue weighted by atomic mass is 11.3. The van der Waals surface area contributed by atoms with Crippen LogP contribution < -0.4 is 5.43 Å². The molecule has 0 aliphatic carbocycles. The molecule has 1 aromatic rings. The van der Waals surface area contributed by atoms with E-state index in [4.69, 9.17) is 0 Å². The van der Waals surface area contributed by atoms with Crippen molar-refractivity contribution < 1.29 is 5.03 Å². The molecule has 0 aromatic carbocycles. The van der Waals surface area contributed by atoms with Gasteiger partial charge >= 0.3 is 0 Å². The molecule has 6 nitrogen and oxygen atoms in total. The van der Waals surface area contributed by atoms with E-state index in [2.05, 4.69) is 10.2 Å². The molecule has 0 atom stereocenters. The van der Waals surface area contributed by atoms with E-state index in [0.717, 1.165) is 11.3 Å². The zero-order chi connectivity index (χ0) is 6.69. The third-order valence-electron chi connectivity index (χ3n) is 0.547. The number of hydrazine groups is 1. The van der Waals surface area contributed by atoms with E-state index in [1.54, 1.807) is 0 Å². The third kappa shape index (κ3) is 1.61. The van der Waals surface area contributed by atoms with Crippen molar-refractivity contribution in [2.45, 2.75) is 0 Å². The Bertz CT molecular complexity index is 196. The molecular formula is C2H2N4O2S. The second-order valence-electron chi connectivity index (χ2n) is 1.11. The van der Waals surface area contributed by atoms with Crippen LogP contribution in [0.3, 0.4) is 0 Å². The van der Waals surface area contributed by atoms with Crippen LogP contribution in [0, 0.1) is 10.1 Å². The minimum Gasteiger partial charge on any atom is -0.234 e. The maximum atomic E-state index is 9.70. The van der Waals surface area contributed by atoms with Crippen LogP contribution in [0.4, 0.5) is 5.13 Å². The highest BCUT2D eigenvalue weighted by molar-refractivity contribution is 7.13. The topological polar surface area (TPSA) is 81.0 Å². The second kappa shape index (κ2) is 2.35. The number of hydrogen-bond acceptors (Lipinski definition) is 5. The molecule has 1 heterocycles. The van der Waals surface area contributed by atoms with Gasteiger partial charge in [0.1, 0.15) is 5.51 Å². The Hall–Kier alpha value is -1.24. The van der Waals surface area contributed by atoms with Crippen LogP contribution in [0.5, 0.6) is 0 Å². The molecular weight excluding hydrogens is 144 g/mol. The maximum absolute atomic E-state index is 9.70. The van der Waals surface area contributed by atoms with Gasteiger partial charge in [-0.05, 0) is 0 Å². The summed E-state index contributed by atoms with van der Waals surface area (Å²) in [5.41, 5.74) is 3.26. The van der Waals surface area contributed by atoms with E-state index >= 15 is 0 Å². The number of nitrogens with one attached hydrogen (secondary N) is 1. The molecule has 1 aromatic heterocycles. The van der Waals surface area contributed by atoms with Crippen molar-refractivity contribution in [3.63, 3.8) is 0 Å². The fourth-order valence-corrected chi connectivity index (χ4v) is 0.716. The van der Waals surface area contributed by atoms with Gasteiger partial charge in [-0.25, -0.2) is 10.1 Å². The predicted molar refractivity (Wildman–Crippen MR) is 30.5 cm³/mol. The van der Waals surface area contributed by atoms with Gasteiger partial charge in [-0.1, -0.05) is 16.8 Å². The van der Waals surface area contributed by atoms with Crippen molar-refractivity contribution in [2.75, 3.05) is 5.43 Å². The molecule has 0 spiro atoms. The molecule has 0 saturated heterocycles. The van der Waals surface area contributed by atoms with Crippen molar-refractivity contribution in [3.8, 4) is 0 Å². The van der Waals surface area contributed by atoms with Gasteiger partial charge in [-0.15, -0.1) is 10.2 Å². The first-order valence-corrected chi connectivity index (χ1v) is 2.84. The van der Waals surface area contributed by atoms with Crippen LogP contribution in [0.1, 0.15) is 0 Å². The lowest BCUT2D eigenvalue weighted by Crippen LogP contribution is -2.06. The highest BCUT2D eigenvalue weighted by Crippen LogP contribution is 2.06. The molecule has 48 valence electrons. The van der Waals surface area contributed by atoms with Gasteiger partial charge in [0.2, 0.25) is 0 Å². The molecule has 9 heavy (non-hydrogen) atoms.